The molecule has 4 rings (SSSR count). The lowest BCUT2D eigenvalue weighted by Gasteiger charge is -2.28. The second kappa shape index (κ2) is 9.09. The third kappa shape index (κ3) is 4.52. The van der Waals surface area contributed by atoms with Crippen molar-refractivity contribution in [1.82, 2.24) is 9.88 Å². The number of nitrogens with zero attached hydrogens (tertiary/aromatic N) is 2. The summed E-state index contributed by atoms with van der Waals surface area (Å²) in [6.07, 6.45) is 3.90. The molecule has 7 heteroatoms. The van der Waals surface area contributed by atoms with Crippen molar-refractivity contribution in [2.24, 2.45) is 0 Å². The van der Waals surface area contributed by atoms with E-state index < -0.39 is 0 Å². The van der Waals surface area contributed by atoms with Crippen molar-refractivity contribution in [3.05, 3.63) is 76.0 Å². The lowest BCUT2D eigenvalue weighted by molar-refractivity contribution is -0.384. The number of hydrogen-bond acceptors (Lipinski definition) is 4. The molecule has 0 bridgehead atoms. The fourth-order valence-electron chi connectivity index (χ4n) is 4.09. The summed E-state index contributed by atoms with van der Waals surface area (Å²) in [6, 6.07) is 15.0. The molecule has 1 fully saturated rings. The lowest BCUT2D eigenvalue weighted by Crippen LogP contribution is -2.41. The van der Waals surface area contributed by atoms with Crippen molar-refractivity contribution in [2.75, 3.05) is 26.3 Å². The largest absolute Gasteiger partial charge is 0.378 e. The number of nitro benzene ring substituents is 1. The molecule has 0 spiro atoms. The topological polar surface area (TPSA) is 88.5 Å². The van der Waals surface area contributed by atoms with Crippen LogP contribution in [0, 0.1) is 10.1 Å². The van der Waals surface area contributed by atoms with Crippen molar-refractivity contribution in [3.63, 3.8) is 0 Å². The minimum Gasteiger partial charge on any atom is -0.378 e. The highest BCUT2D eigenvalue weighted by atomic mass is 16.6. The number of fused-ring (bicyclic) bond motifs is 1. The number of aryl methyl sites for hydroxylation is 1. The maximum absolute atomic E-state index is 13.0. The Morgan fingerprint density at radius 1 is 1.17 bits per heavy atom. The third-order valence-corrected chi connectivity index (χ3v) is 5.76. The number of amides is 1. The zero-order chi connectivity index (χ0) is 20.9. The molecule has 1 atom stereocenters. The molecule has 2 aromatic carbocycles. The van der Waals surface area contributed by atoms with Gasteiger partial charge >= 0.3 is 0 Å². The average molecular weight is 407 g/mol. The van der Waals surface area contributed by atoms with E-state index in [0.29, 0.717) is 32.7 Å². The predicted octanol–water partition coefficient (Wildman–Crippen LogP) is 4.04. The van der Waals surface area contributed by atoms with Gasteiger partial charge in [0.1, 0.15) is 0 Å². The Bertz CT molecular complexity index is 1030. The molecule has 1 aliphatic rings. The number of aromatic amines is 1. The normalized spacial score (nSPS) is 15.3. The molecule has 1 aromatic heterocycles. The lowest BCUT2D eigenvalue weighted by atomic mass is 9.88. The van der Waals surface area contributed by atoms with Gasteiger partial charge in [-0.25, -0.2) is 0 Å². The molecule has 30 heavy (non-hydrogen) atoms. The molecule has 1 amide bonds. The van der Waals surface area contributed by atoms with E-state index in [1.54, 1.807) is 12.1 Å². The van der Waals surface area contributed by atoms with E-state index in [1.807, 2.05) is 29.3 Å². The van der Waals surface area contributed by atoms with Crippen LogP contribution in [-0.2, 0) is 16.0 Å². The van der Waals surface area contributed by atoms with Crippen LogP contribution in [0.2, 0.25) is 0 Å². The van der Waals surface area contributed by atoms with Gasteiger partial charge in [-0.05, 0) is 36.0 Å². The molecule has 0 aliphatic carbocycles. The summed E-state index contributed by atoms with van der Waals surface area (Å²) < 4.78 is 5.36. The van der Waals surface area contributed by atoms with Gasteiger partial charge in [0.05, 0.1) is 18.1 Å². The Hall–Kier alpha value is -3.19. The van der Waals surface area contributed by atoms with Crippen molar-refractivity contribution in [1.29, 1.82) is 0 Å². The van der Waals surface area contributed by atoms with E-state index in [2.05, 4.69) is 17.1 Å². The first-order valence-electron chi connectivity index (χ1n) is 10.3. The zero-order valence-corrected chi connectivity index (χ0v) is 16.8. The molecule has 156 valence electrons. The number of hydrogen-bond donors (Lipinski definition) is 1. The number of carbonyl (C=O) groups is 1. The number of morpholine rings is 1. The number of nitrogens with one attached hydrogen (secondary N) is 1. The number of carbonyl (C=O) groups excluding carboxylic acids is 1. The number of H-pyrrole nitrogens is 1. The van der Waals surface area contributed by atoms with Gasteiger partial charge in [-0.15, -0.1) is 0 Å². The Balaban J connectivity index is 1.62. The molecule has 2 heterocycles. The first-order chi connectivity index (χ1) is 14.6. The summed E-state index contributed by atoms with van der Waals surface area (Å²) >= 11 is 0. The predicted molar refractivity (Wildman–Crippen MR) is 114 cm³/mol. The van der Waals surface area contributed by atoms with Crippen LogP contribution >= 0.6 is 0 Å². The number of non-ortho nitro benzene ring substituents is 1. The Morgan fingerprint density at radius 2 is 1.93 bits per heavy atom. The summed E-state index contributed by atoms with van der Waals surface area (Å²) in [5.41, 5.74) is 3.09. The van der Waals surface area contributed by atoms with Crippen LogP contribution in [0.5, 0.6) is 0 Å². The van der Waals surface area contributed by atoms with Gasteiger partial charge in [0.25, 0.3) is 5.69 Å². The monoisotopic (exact) mass is 407 g/mol. The van der Waals surface area contributed by atoms with Gasteiger partial charge in [0.15, 0.2) is 0 Å². The Kier molecular flexibility index (Phi) is 6.09. The molecule has 1 saturated heterocycles. The van der Waals surface area contributed by atoms with Gasteiger partial charge < -0.3 is 14.6 Å². The van der Waals surface area contributed by atoms with Gasteiger partial charge in [-0.3, -0.25) is 14.9 Å². The van der Waals surface area contributed by atoms with Crippen molar-refractivity contribution >= 4 is 22.5 Å². The van der Waals surface area contributed by atoms with Gasteiger partial charge in [-0.1, -0.05) is 30.3 Å². The van der Waals surface area contributed by atoms with Gasteiger partial charge in [0.2, 0.25) is 5.91 Å². The Morgan fingerprint density at radius 3 is 2.67 bits per heavy atom. The van der Waals surface area contributed by atoms with Gasteiger partial charge in [-0.2, -0.15) is 0 Å². The highest BCUT2D eigenvalue weighted by Crippen LogP contribution is 2.34. The number of rotatable bonds is 7. The van der Waals surface area contributed by atoms with E-state index >= 15 is 0 Å². The van der Waals surface area contributed by atoms with Crippen LogP contribution < -0.4 is 0 Å². The van der Waals surface area contributed by atoms with E-state index in [4.69, 9.17) is 4.74 Å². The van der Waals surface area contributed by atoms with E-state index in [-0.39, 0.29) is 22.4 Å². The van der Waals surface area contributed by atoms with Gasteiger partial charge in [0, 0.05) is 48.7 Å². The number of ether oxygens (including phenoxy) is 1. The fraction of sp³-hybridized carbons (Fsp3) is 0.348. The zero-order valence-electron chi connectivity index (χ0n) is 16.8. The quantitative estimate of drug-likeness (QED) is 0.473. The smallest absolute Gasteiger partial charge is 0.270 e. The molecule has 3 aromatic rings. The molecular weight excluding hydrogens is 382 g/mol. The summed E-state index contributed by atoms with van der Waals surface area (Å²) in [6.45, 7) is 2.37. The van der Waals surface area contributed by atoms with E-state index in [9.17, 15) is 14.9 Å². The molecule has 0 radical (unpaired) electrons. The van der Waals surface area contributed by atoms with Crippen LogP contribution in [0.3, 0.4) is 0 Å². The van der Waals surface area contributed by atoms with Crippen LogP contribution in [0.25, 0.3) is 10.9 Å². The highest BCUT2D eigenvalue weighted by molar-refractivity contribution is 5.87. The second-order valence-corrected chi connectivity index (χ2v) is 7.65. The molecule has 1 N–H and O–H groups in total. The average Bonchev–Trinajstić information content (AvgIpc) is 3.21. The SMILES string of the molecule is O=C(CC(CCc1ccccc1)c1c[nH]c2ccc([N+](=O)[O-])cc12)N1CCOCC1. The van der Waals surface area contributed by atoms with E-state index in [1.165, 1.54) is 11.6 Å². The summed E-state index contributed by atoms with van der Waals surface area (Å²) in [4.78, 5) is 28.9. The van der Waals surface area contributed by atoms with Crippen molar-refractivity contribution < 1.29 is 14.5 Å². The first kappa shape index (κ1) is 20.1. The van der Waals surface area contributed by atoms with Crippen LogP contribution in [0.1, 0.15) is 29.9 Å². The molecule has 0 saturated carbocycles. The minimum absolute atomic E-state index is 0.0312. The standard InChI is InChI=1S/C23H25N3O4/c27-23(25-10-12-30-13-11-25)14-18(7-6-17-4-2-1-3-5-17)21-16-24-22-9-8-19(26(28)29)15-20(21)22/h1-5,8-9,15-16,18,24H,6-7,10-14H2. The first-order valence-corrected chi connectivity index (χ1v) is 10.3. The highest BCUT2D eigenvalue weighted by Gasteiger charge is 2.24. The summed E-state index contributed by atoms with van der Waals surface area (Å²) in [5.74, 6) is 0.0763. The maximum Gasteiger partial charge on any atom is 0.270 e. The van der Waals surface area contributed by atoms with Crippen LogP contribution in [0.4, 0.5) is 5.69 Å². The Labute approximate surface area is 174 Å². The second-order valence-electron chi connectivity index (χ2n) is 7.65. The summed E-state index contributed by atoms with van der Waals surface area (Å²) in [5, 5.41) is 12.1. The third-order valence-electron chi connectivity index (χ3n) is 5.76. The molecule has 1 aliphatic heterocycles. The number of aromatic nitrogens is 1. The van der Waals surface area contributed by atoms with E-state index in [0.717, 1.165) is 29.3 Å². The van der Waals surface area contributed by atoms with Crippen molar-refractivity contribution in [3.8, 4) is 0 Å². The number of benzene rings is 2. The molecular formula is C23H25N3O4. The molecule has 7 nitrogen and oxygen atoms in total. The number of nitro groups is 1. The molecule has 1 unspecified atom stereocenters. The van der Waals surface area contributed by atoms with Crippen LogP contribution in [0.15, 0.2) is 54.7 Å². The van der Waals surface area contributed by atoms with Crippen molar-refractivity contribution in [2.45, 2.75) is 25.2 Å². The maximum atomic E-state index is 13.0. The fourth-order valence-corrected chi connectivity index (χ4v) is 4.09. The minimum atomic E-state index is -0.381. The summed E-state index contributed by atoms with van der Waals surface area (Å²) in [7, 11) is 0. The van der Waals surface area contributed by atoms with Crippen LogP contribution in [-0.4, -0.2) is 47.0 Å².